The second-order valence-electron chi connectivity index (χ2n) is 6.06. The third-order valence-electron chi connectivity index (χ3n) is 4.45. The Morgan fingerprint density at radius 2 is 2.23 bits per heavy atom. The number of rotatable bonds is 4. The quantitative estimate of drug-likeness (QED) is 0.799. The van der Waals surface area contributed by atoms with Gasteiger partial charge in [-0.3, -0.25) is 9.69 Å². The molecule has 2 aliphatic rings. The highest BCUT2D eigenvalue weighted by molar-refractivity contribution is 7.11. The van der Waals surface area contributed by atoms with Crippen LogP contribution in [0.15, 0.2) is 17.5 Å². The van der Waals surface area contributed by atoms with Crippen LogP contribution in [-0.2, 0) is 9.53 Å². The molecule has 3 heterocycles. The molecule has 1 aromatic heterocycles. The standard InChI is InChI=1S/C17H24N2O2S/c1-14-6-12-22-16(14)4-5-17(20)19-9-7-18(8-10-19)13-15-3-2-11-21-15/h4-6,12,15H,2-3,7-11,13H2,1H3/b5-4+. The van der Waals surface area contributed by atoms with Crippen LogP contribution < -0.4 is 0 Å². The van der Waals surface area contributed by atoms with Crippen molar-refractivity contribution < 1.29 is 9.53 Å². The smallest absolute Gasteiger partial charge is 0.246 e. The summed E-state index contributed by atoms with van der Waals surface area (Å²) in [4.78, 5) is 17.8. The molecule has 22 heavy (non-hydrogen) atoms. The fourth-order valence-corrected chi connectivity index (χ4v) is 3.85. The van der Waals surface area contributed by atoms with E-state index in [9.17, 15) is 4.79 Å². The predicted molar refractivity (Wildman–Crippen MR) is 90.1 cm³/mol. The van der Waals surface area contributed by atoms with Crippen LogP contribution in [0.1, 0.15) is 23.3 Å². The third kappa shape index (κ3) is 3.97. The lowest BCUT2D eigenvalue weighted by atomic mass is 10.2. The minimum Gasteiger partial charge on any atom is -0.377 e. The summed E-state index contributed by atoms with van der Waals surface area (Å²) in [5, 5.41) is 2.06. The van der Waals surface area contributed by atoms with E-state index in [1.54, 1.807) is 17.4 Å². The fourth-order valence-electron chi connectivity index (χ4n) is 3.03. The predicted octanol–water partition coefficient (Wildman–Crippen LogP) is 2.39. The monoisotopic (exact) mass is 320 g/mol. The number of carbonyl (C=O) groups is 1. The molecular weight excluding hydrogens is 296 g/mol. The Labute approximate surface area is 136 Å². The van der Waals surface area contributed by atoms with Crippen molar-refractivity contribution in [2.45, 2.75) is 25.9 Å². The SMILES string of the molecule is Cc1ccsc1/C=C/C(=O)N1CCN(CC2CCCO2)CC1. The van der Waals surface area contributed by atoms with E-state index in [1.165, 1.54) is 23.3 Å². The highest BCUT2D eigenvalue weighted by Gasteiger charge is 2.24. The Morgan fingerprint density at radius 3 is 2.86 bits per heavy atom. The third-order valence-corrected chi connectivity index (χ3v) is 5.43. The second-order valence-corrected chi connectivity index (χ2v) is 7.01. The number of thiophene rings is 1. The molecule has 1 unspecified atom stereocenters. The Kier molecular flexibility index (Phi) is 5.28. The summed E-state index contributed by atoms with van der Waals surface area (Å²) in [5.74, 6) is 0.129. The summed E-state index contributed by atoms with van der Waals surface area (Å²) in [7, 11) is 0. The van der Waals surface area contributed by atoms with Crippen LogP contribution in [0.25, 0.3) is 6.08 Å². The summed E-state index contributed by atoms with van der Waals surface area (Å²) >= 11 is 1.68. The highest BCUT2D eigenvalue weighted by atomic mass is 32.1. The van der Waals surface area contributed by atoms with Crippen molar-refractivity contribution >= 4 is 23.3 Å². The molecule has 0 saturated carbocycles. The molecule has 0 N–H and O–H groups in total. The van der Waals surface area contributed by atoms with Crippen LogP contribution in [0.2, 0.25) is 0 Å². The molecule has 0 aromatic carbocycles. The van der Waals surface area contributed by atoms with Gasteiger partial charge in [-0.05, 0) is 42.9 Å². The molecule has 0 bridgehead atoms. The number of aryl methyl sites for hydroxylation is 1. The molecule has 0 aliphatic carbocycles. The van der Waals surface area contributed by atoms with Crippen LogP contribution in [0.5, 0.6) is 0 Å². The van der Waals surface area contributed by atoms with Crippen molar-refractivity contribution in [1.29, 1.82) is 0 Å². The van der Waals surface area contributed by atoms with Crippen molar-refractivity contribution in [1.82, 2.24) is 9.80 Å². The van der Waals surface area contributed by atoms with E-state index in [-0.39, 0.29) is 5.91 Å². The Balaban J connectivity index is 1.45. The van der Waals surface area contributed by atoms with Gasteiger partial charge in [0.25, 0.3) is 0 Å². The van der Waals surface area contributed by atoms with Crippen LogP contribution in [-0.4, -0.2) is 61.1 Å². The van der Waals surface area contributed by atoms with Crippen LogP contribution in [0.4, 0.5) is 0 Å². The molecule has 4 nitrogen and oxygen atoms in total. The number of hydrogen-bond acceptors (Lipinski definition) is 4. The molecule has 120 valence electrons. The van der Waals surface area contributed by atoms with Gasteiger partial charge in [-0.1, -0.05) is 0 Å². The molecule has 0 spiro atoms. The van der Waals surface area contributed by atoms with E-state index >= 15 is 0 Å². The molecule has 1 amide bonds. The topological polar surface area (TPSA) is 32.8 Å². The lowest BCUT2D eigenvalue weighted by molar-refractivity contribution is -0.127. The first kappa shape index (κ1) is 15.7. The summed E-state index contributed by atoms with van der Waals surface area (Å²) in [5.41, 5.74) is 1.23. The molecule has 1 atom stereocenters. The molecule has 3 rings (SSSR count). The molecule has 0 radical (unpaired) electrons. The minimum absolute atomic E-state index is 0.129. The van der Waals surface area contributed by atoms with E-state index in [1.807, 2.05) is 11.0 Å². The van der Waals surface area contributed by atoms with Gasteiger partial charge in [-0.2, -0.15) is 0 Å². The first-order valence-corrected chi connectivity index (χ1v) is 8.95. The van der Waals surface area contributed by atoms with E-state index in [0.717, 1.165) is 39.3 Å². The van der Waals surface area contributed by atoms with E-state index in [2.05, 4.69) is 23.3 Å². The summed E-state index contributed by atoms with van der Waals surface area (Å²) in [6.45, 7) is 7.56. The zero-order chi connectivity index (χ0) is 15.4. The van der Waals surface area contributed by atoms with Crippen molar-refractivity contribution in [3.63, 3.8) is 0 Å². The van der Waals surface area contributed by atoms with Gasteiger partial charge in [-0.15, -0.1) is 11.3 Å². The first-order valence-electron chi connectivity index (χ1n) is 8.07. The number of nitrogens with zero attached hydrogens (tertiary/aromatic N) is 2. The number of amides is 1. The number of ether oxygens (including phenoxy) is 1. The lowest BCUT2D eigenvalue weighted by Crippen LogP contribution is -2.50. The maximum Gasteiger partial charge on any atom is 0.246 e. The zero-order valence-electron chi connectivity index (χ0n) is 13.2. The van der Waals surface area contributed by atoms with Gasteiger partial charge in [-0.25, -0.2) is 0 Å². The maximum atomic E-state index is 12.3. The molecule has 2 fully saturated rings. The van der Waals surface area contributed by atoms with Crippen LogP contribution >= 0.6 is 11.3 Å². The van der Waals surface area contributed by atoms with Gasteiger partial charge in [0, 0.05) is 50.3 Å². The minimum atomic E-state index is 0.129. The van der Waals surface area contributed by atoms with Crippen molar-refractivity contribution in [2.75, 3.05) is 39.3 Å². The highest BCUT2D eigenvalue weighted by Crippen LogP contribution is 2.18. The van der Waals surface area contributed by atoms with Crippen LogP contribution in [0, 0.1) is 6.92 Å². The van der Waals surface area contributed by atoms with Crippen molar-refractivity contribution in [2.24, 2.45) is 0 Å². The van der Waals surface area contributed by atoms with E-state index in [0.29, 0.717) is 6.10 Å². The first-order chi connectivity index (χ1) is 10.7. The van der Waals surface area contributed by atoms with E-state index in [4.69, 9.17) is 4.74 Å². The van der Waals surface area contributed by atoms with Crippen molar-refractivity contribution in [3.05, 3.63) is 28.0 Å². The molecule has 2 aliphatic heterocycles. The Bertz CT molecular complexity index is 527. The van der Waals surface area contributed by atoms with Gasteiger partial charge in [0.05, 0.1) is 6.10 Å². The van der Waals surface area contributed by atoms with Gasteiger partial charge in [0.15, 0.2) is 0 Å². The lowest BCUT2D eigenvalue weighted by Gasteiger charge is -2.35. The molecule has 1 aromatic rings. The average Bonchev–Trinajstić information content (AvgIpc) is 3.17. The van der Waals surface area contributed by atoms with E-state index < -0.39 is 0 Å². The second kappa shape index (κ2) is 7.40. The largest absolute Gasteiger partial charge is 0.377 e. The number of carbonyl (C=O) groups excluding carboxylic acids is 1. The number of piperazine rings is 1. The summed E-state index contributed by atoms with van der Waals surface area (Å²) in [6, 6.07) is 2.08. The van der Waals surface area contributed by atoms with Gasteiger partial charge >= 0.3 is 0 Å². The Morgan fingerprint density at radius 1 is 1.41 bits per heavy atom. The van der Waals surface area contributed by atoms with Crippen molar-refractivity contribution in [3.8, 4) is 0 Å². The molecule has 5 heteroatoms. The Hall–Kier alpha value is -1.17. The van der Waals surface area contributed by atoms with Gasteiger partial charge < -0.3 is 9.64 Å². The van der Waals surface area contributed by atoms with Gasteiger partial charge in [0.1, 0.15) is 0 Å². The summed E-state index contributed by atoms with van der Waals surface area (Å²) < 4.78 is 5.69. The zero-order valence-corrected chi connectivity index (χ0v) is 14.0. The molecular formula is C17H24N2O2S. The molecule has 2 saturated heterocycles. The van der Waals surface area contributed by atoms with Gasteiger partial charge in [0.2, 0.25) is 5.91 Å². The summed E-state index contributed by atoms with van der Waals surface area (Å²) in [6.07, 6.45) is 6.44. The maximum absolute atomic E-state index is 12.3. The normalized spacial score (nSPS) is 23.5. The van der Waals surface area contributed by atoms with Crippen LogP contribution in [0.3, 0.4) is 0 Å². The fraction of sp³-hybridized carbons (Fsp3) is 0.588. The number of hydrogen-bond donors (Lipinski definition) is 0. The average molecular weight is 320 g/mol.